The first-order valence-electron chi connectivity index (χ1n) is 8.33. The van der Waals surface area contributed by atoms with Crippen LogP contribution in [0.25, 0.3) is 0 Å². The predicted molar refractivity (Wildman–Crippen MR) is 100 cm³/mol. The molecule has 0 saturated heterocycles. The van der Waals surface area contributed by atoms with Gasteiger partial charge in [0.15, 0.2) is 11.6 Å². The second-order valence-electron chi connectivity index (χ2n) is 6.32. The zero-order valence-electron chi connectivity index (χ0n) is 15.2. The number of aromatic nitrogens is 2. The van der Waals surface area contributed by atoms with Gasteiger partial charge in [0, 0.05) is 22.7 Å². The highest BCUT2D eigenvalue weighted by Crippen LogP contribution is 2.35. The zero-order chi connectivity index (χ0) is 23.0. The van der Waals surface area contributed by atoms with Gasteiger partial charge in [-0.25, -0.2) is 9.37 Å². The van der Waals surface area contributed by atoms with Crippen molar-refractivity contribution in [1.82, 2.24) is 9.97 Å². The maximum Gasteiger partial charge on any atom is 0.416 e. The minimum atomic E-state index is -4.69. The number of halogens is 7. The molecule has 164 valence electrons. The van der Waals surface area contributed by atoms with Crippen molar-refractivity contribution >= 4 is 34.5 Å². The summed E-state index contributed by atoms with van der Waals surface area (Å²) < 4.78 is 91.7. The lowest BCUT2D eigenvalue weighted by molar-refractivity contribution is -0.138. The summed E-state index contributed by atoms with van der Waals surface area (Å²) >= 11 is 0. The second kappa shape index (κ2) is 7.81. The molecule has 31 heavy (non-hydrogen) atoms. The minimum absolute atomic E-state index is 0.131. The van der Waals surface area contributed by atoms with Crippen molar-refractivity contribution in [2.45, 2.75) is 12.4 Å². The monoisotopic (exact) mass is 446 g/mol. The molecule has 0 spiro atoms. The molecule has 1 aromatic heterocycles. The Morgan fingerprint density at radius 1 is 0.710 bits per heavy atom. The van der Waals surface area contributed by atoms with Gasteiger partial charge in [-0.1, -0.05) is 0 Å². The van der Waals surface area contributed by atoms with Gasteiger partial charge < -0.3 is 22.1 Å². The molecule has 0 aliphatic heterocycles. The van der Waals surface area contributed by atoms with Gasteiger partial charge in [-0.3, -0.25) is 0 Å². The van der Waals surface area contributed by atoms with E-state index in [1.54, 1.807) is 0 Å². The van der Waals surface area contributed by atoms with Gasteiger partial charge in [0.2, 0.25) is 5.95 Å². The summed E-state index contributed by atoms with van der Waals surface area (Å²) in [5, 5.41) is 4.79. The van der Waals surface area contributed by atoms with Crippen LogP contribution in [-0.4, -0.2) is 9.97 Å². The highest BCUT2D eigenvalue weighted by Gasteiger charge is 2.32. The smallest absolute Gasteiger partial charge is 0.399 e. The first-order valence-corrected chi connectivity index (χ1v) is 8.33. The molecule has 0 atom stereocenters. The van der Waals surface area contributed by atoms with E-state index in [0.717, 1.165) is 18.2 Å². The van der Waals surface area contributed by atoms with Crippen LogP contribution in [0.1, 0.15) is 11.1 Å². The lowest BCUT2D eigenvalue weighted by atomic mass is 10.1. The van der Waals surface area contributed by atoms with E-state index >= 15 is 0 Å². The standard InChI is InChI=1S/C18H13F7N6/c19-14-7-28-16(30-13-4-9(18(23,24)25)2-11(27)6-13)31-15(14)29-12-3-8(17(20,21)22)1-10(26)5-12/h1-7H,26-27H2,(H2,28,29,30,31). The van der Waals surface area contributed by atoms with Gasteiger partial charge in [0.05, 0.1) is 17.3 Å². The highest BCUT2D eigenvalue weighted by molar-refractivity contribution is 5.66. The number of nitrogens with two attached hydrogens (primary N) is 2. The molecule has 6 N–H and O–H groups in total. The number of anilines is 6. The molecular formula is C18H13F7N6. The van der Waals surface area contributed by atoms with E-state index in [-0.39, 0.29) is 28.7 Å². The number of nitrogens with zero attached hydrogens (tertiary/aromatic N) is 2. The van der Waals surface area contributed by atoms with E-state index in [9.17, 15) is 30.7 Å². The molecule has 0 saturated carbocycles. The third-order valence-corrected chi connectivity index (χ3v) is 3.83. The number of rotatable bonds is 4. The molecule has 0 aliphatic carbocycles. The van der Waals surface area contributed by atoms with Crippen LogP contribution < -0.4 is 22.1 Å². The molecule has 3 aromatic rings. The second-order valence-corrected chi connectivity index (χ2v) is 6.32. The van der Waals surface area contributed by atoms with Crippen LogP contribution in [0.4, 0.5) is 65.2 Å². The van der Waals surface area contributed by atoms with Crippen molar-refractivity contribution < 1.29 is 30.7 Å². The molecule has 0 unspecified atom stereocenters. The molecule has 0 fully saturated rings. The first kappa shape index (κ1) is 21.9. The summed E-state index contributed by atoms with van der Waals surface area (Å²) in [4.78, 5) is 7.36. The predicted octanol–water partition coefficient (Wildman–Crippen LogP) is 5.30. The number of hydrogen-bond donors (Lipinski definition) is 4. The van der Waals surface area contributed by atoms with Crippen LogP contribution in [0, 0.1) is 5.82 Å². The van der Waals surface area contributed by atoms with E-state index in [1.807, 2.05) is 0 Å². The van der Waals surface area contributed by atoms with Crippen molar-refractivity contribution in [3.05, 3.63) is 59.5 Å². The largest absolute Gasteiger partial charge is 0.416 e. The average molecular weight is 446 g/mol. The lowest BCUT2D eigenvalue weighted by Gasteiger charge is -2.14. The summed E-state index contributed by atoms with van der Waals surface area (Å²) in [6.07, 6.45) is -8.66. The van der Waals surface area contributed by atoms with Crippen molar-refractivity contribution in [1.29, 1.82) is 0 Å². The van der Waals surface area contributed by atoms with Crippen LogP contribution in [0.5, 0.6) is 0 Å². The Kier molecular flexibility index (Phi) is 5.53. The van der Waals surface area contributed by atoms with E-state index < -0.39 is 35.1 Å². The third kappa shape index (κ3) is 5.43. The lowest BCUT2D eigenvalue weighted by Crippen LogP contribution is -2.09. The van der Waals surface area contributed by atoms with Crippen LogP contribution in [0.15, 0.2) is 42.6 Å². The quantitative estimate of drug-likeness (QED) is 0.320. The third-order valence-electron chi connectivity index (χ3n) is 3.83. The summed E-state index contributed by atoms with van der Waals surface area (Å²) in [6.45, 7) is 0. The van der Waals surface area contributed by atoms with Gasteiger partial charge in [-0.05, 0) is 36.4 Å². The van der Waals surface area contributed by atoms with E-state index in [4.69, 9.17) is 11.5 Å². The minimum Gasteiger partial charge on any atom is -0.399 e. The Balaban J connectivity index is 1.90. The van der Waals surface area contributed by atoms with E-state index in [1.165, 1.54) is 6.07 Å². The topological polar surface area (TPSA) is 102 Å². The number of hydrogen-bond acceptors (Lipinski definition) is 6. The molecule has 1 heterocycles. The fourth-order valence-corrected chi connectivity index (χ4v) is 2.56. The van der Waals surface area contributed by atoms with E-state index in [0.29, 0.717) is 18.3 Å². The van der Waals surface area contributed by atoms with Crippen LogP contribution in [0.2, 0.25) is 0 Å². The molecule has 3 rings (SSSR count). The summed E-state index contributed by atoms with van der Waals surface area (Å²) in [7, 11) is 0. The van der Waals surface area contributed by atoms with Crippen molar-refractivity contribution in [2.75, 3.05) is 22.1 Å². The normalized spacial score (nSPS) is 12.0. The van der Waals surface area contributed by atoms with Crippen LogP contribution in [-0.2, 0) is 12.4 Å². The Hall–Kier alpha value is -3.77. The molecule has 0 bridgehead atoms. The van der Waals surface area contributed by atoms with Crippen molar-refractivity contribution in [3.8, 4) is 0 Å². The molecule has 0 amide bonds. The van der Waals surface area contributed by atoms with Crippen molar-refractivity contribution in [2.24, 2.45) is 0 Å². The highest BCUT2D eigenvalue weighted by atomic mass is 19.4. The Morgan fingerprint density at radius 3 is 1.68 bits per heavy atom. The number of nitrogens with one attached hydrogen (secondary N) is 2. The van der Waals surface area contributed by atoms with Gasteiger partial charge in [-0.2, -0.15) is 31.3 Å². The van der Waals surface area contributed by atoms with E-state index in [2.05, 4.69) is 20.6 Å². The summed E-state index contributed by atoms with van der Waals surface area (Å²) in [5.41, 5.74) is 8.06. The summed E-state index contributed by atoms with van der Waals surface area (Å²) in [5.74, 6) is -1.89. The van der Waals surface area contributed by atoms with Crippen LogP contribution in [0.3, 0.4) is 0 Å². The fourth-order valence-electron chi connectivity index (χ4n) is 2.56. The SMILES string of the molecule is Nc1cc(Nc2ncc(F)c(Nc3cc(N)cc(C(F)(F)F)c3)n2)cc(C(F)(F)F)c1. The fraction of sp³-hybridized carbons (Fsp3) is 0.111. The molecule has 13 heteroatoms. The average Bonchev–Trinajstić information content (AvgIpc) is 2.62. The molecule has 2 aromatic carbocycles. The number of nitrogen functional groups attached to an aromatic ring is 2. The summed E-state index contributed by atoms with van der Waals surface area (Å²) in [6, 6.07) is 5.15. The Labute approximate surface area is 170 Å². The van der Waals surface area contributed by atoms with Gasteiger partial charge in [-0.15, -0.1) is 0 Å². The Morgan fingerprint density at radius 2 is 1.19 bits per heavy atom. The number of benzene rings is 2. The van der Waals surface area contributed by atoms with Gasteiger partial charge in [0.1, 0.15) is 0 Å². The first-order chi connectivity index (χ1) is 14.3. The maximum atomic E-state index is 14.1. The van der Waals surface area contributed by atoms with Gasteiger partial charge >= 0.3 is 12.4 Å². The zero-order valence-corrected chi connectivity index (χ0v) is 15.2. The maximum absolute atomic E-state index is 14.1. The van der Waals surface area contributed by atoms with Crippen LogP contribution >= 0.6 is 0 Å². The molecule has 6 nitrogen and oxygen atoms in total. The Bertz CT molecular complexity index is 1110. The molecule has 0 radical (unpaired) electrons. The molecule has 0 aliphatic rings. The van der Waals surface area contributed by atoms with Gasteiger partial charge in [0.25, 0.3) is 0 Å². The number of alkyl halides is 6. The van der Waals surface area contributed by atoms with Crippen molar-refractivity contribution in [3.63, 3.8) is 0 Å². The molecular weight excluding hydrogens is 433 g/mol.